The van der Waals surface area contributed by atoms with Gasteiger partial charge >= 0.3 is 0 Å². The molecule has 0 aromatic carbocycles. The predicted molar refractivity (Wildman–Crippen MR) is 85.8 cm³/mol. The maximum absolute atomic E-state index is 5.46. The number of ether oxygens (including phenoxy) is 1. The van der Waals surface area contributed by atoms with Gasteiger partial charge in [0.05, 0.1) is 24.9 Å². The van der Waals surface area contributed by atoms with Crippen molar-refractivity contribution in [3.05, 3.63) is 41.8 Å². The van der Waals surface area contributed by atoms with E-state index in [0.29, 0.717) is 19.1 Å². The minimum absolute atomic E-state index is 0.0645. The van der Waals surface area contributed by atoms with Crippen LogP contribution in [0.5, 0.6) is 0 Å². The molecule has 0 amide bonds. The Balaban J connectivity index is 1.67. The summed E-state index contributed by atoms with van der Waals surface area (Å²) in [4.78, 5) is 11.2. The molecule has 1 fully saturated rings. The van der Waals surface area contributed by atoms with Crippen molar-refractivity contribution < 1.29 is 9.26 Å². The molecule has 1 saturated carbocycles. The van der Waals surface area contributed by atoms with Gasteiger partial charge in [0, 0.05) is 19.2 Å². The average Bonchev–Trinajstić information content (AvgIpc) is 3.24. The van der Waals surface area contributed by atoms with Crippen LogP contribution in [-0.2, 0) is 11.3 Å². The van der Waals surface area contributed by atoms with Gasteiger partial charge in [0.2, 0.25) is 5.89 Å². The van der Waals surface area contributed by atoms with Crippen molar-refractivity contribution in [2.24, 2.45) is 0 Å². The first-order valence-electron chi connectivity index (χ1n) is 8.20. The first kappa shape index (κ1) is 16.1. The lowest BCUT2D eigenvalue weighted by Crippen LogP contribution is -2.28. The Morgan fingerprint density at radius 2 is 2.17 bits per heavy atom. The van der Waals surface area contributed by atoms with E-state index in [-0.39, 0.29) is 6.04 Å². The summed E-state index contributed by atoms with van der Waals surface area (Å²) in [5.41, 5.74) is 0.983. The molecule has 0 saturated heterocycles. The number of hydrogen-bond acceptors (Lipinski definition) is 6. The number of likely N-dealkylation sites (N-methyl/N-ethyl adjacent to an activating group) is 1. The molecule has 0 radical (unpaired) electrons. The topological polar surface area (TPSA) is 64.3 Å². The summed E-state index contributed by atoms with van der Waals surface area (Å²) in [6.45, 7) is 1.18. The van der Waals surface area contributed by atoms with Crippen LogP contribution in [0.3, 0.4) is 0 Å². The highest BCUT2D eigenvalue weighted by Crippen LogP contribution is 2.33. The van der Waals surface area contributed by atoms with Crippen molar-refractivity contribution in [2.45, 2.75) is 44.2 Å². The second-order valence-corrected chi connectivity index (χ2v) is 6.17. The minimum atomic E-state index is 0.0645. The van der Waals surface area contributed by atoms with Gasteiger partial charge in [0.1, 0.15) is 0 Å². The molecule has 124 valence electrons. The fourth-order valence-electron chi connectivity index (χ4n) is 3.17. The smallest absolute Gasteiger partial charge is 0.229 e. The van der Waals surface area contributed by atoms with E-state index in [4.69, 9.17) is 9.26 Å². The van der Waals surface area contributed by atoms with Crippen molar-refractivity contribution in [1.29, 1.82) is 0 Å². The lowest BCUT2D eigenvalue weighted by molar-refractivity contribution is 0.0980. The van der Waals surface area contributed by atoms with E-state index >= 15 is 0 Å². The lowest BCUT2D eigenvalue weighted by Gasteiger charge is -2.25. The molecule has 1 aliphatic carbocycles. The summed E-state index contributed by atoms with van der Waals surface area (Å²) in [5.74, 6) is 1.98. The molecular formula is C17H24N4O2. The molecule has 6 heteroatoms. The van der Waals surface area contributed by atoms with Crippen molar-refractivity contribution >= 4 is 0 Å². The van der Waals surface area contributed by atoms with Gasteiger partial charge in [-0.2, -0.15) is 4.98 Å². The lowest BCUT2D eigenvalue weighted by atomic mass is 10.1. The summed E-state index contributed by atoms with van der Waals surface area (Å²) in [7, 11) is 3.74. The van der Waals surface area contributed by atoms with Crippen molar-refractivity contribution in [2.75, 3.05) is 20.8 Å². The second kappa shape index (κ2) is 7.66. The van der Waals surface area contributed by atoms with Crippen molar-refractivity contribution in [1.82, 2.24) is 20.0 Å². The monoisotopic (exact) mass is 316 g/mol. The molecule has 1 aliphatic rings. The number of pyridine rings is 1. The zero-order chi connectivity index (χ0) is 16.1. The molecule has 0 aliphatic heterocycles. The Hall–Kier alpha value is -1.79. The Labute approximate surface area is 136 Å². The van der Waals surface area contributed by atoms with Gasteiger partial charge in [-0.25, -0.2) is 0 Å². The first-order valence-corrected chi connectivity index (χ1v) is 8.20. The quantitative estimate of drug-likeness (QED) is 0.782. The molecular weight excluding hydrogens is 292 g/mol. The molecule has 3 rings (SSSR count). The summed E-state index contributed by atoms with van der Waals surface area (Å²) in [6.07, 6.45) is 6.66. The summed E-state index contributed by atoms with van der Waals surface area (Å²) in [5, 5.41) is 4.15. The van der Waals surface area contributed by atoms with Crippen LogP contribution < -0.4 is 0 Å². The van der Waals surface area contributed by atoms with Crippen LogP contribution in [0.25, 0.3) is 0 Å². The summed E-state index contributed by atoms with van der Waals surface area (Å²) >= 11 is 0. The highest BCUT2D eigenvalue weighted by molar-refractivity contribution is 5.09. The van der Waals surface area contributed by atoms with Gasteiger partial charge in [-0.1, -0.05) is 24.1 Å². The van der Waals surface area contributed by atoms with Crippen LogP contribution in [0.15, 0.2) is 28.9 Å². The van der Waals surface area contributed by atoms with Gasteiger partial charge in [0.25, 0.3) is 0 Å². The molecule has 2 heterocycles. The number of methoxy groups -OCH3 is 1. The summed E-state index contributed by atoms with van der Waals surface area (Å²) < 4.78 is 10.8. The molecule has 0 unspecified atom stereocenters. The van der Waals surface area contributed by atoms with Crippen LogP contribution in [-0.4, -0.2) is 40.8 Å². The maximum atomic E-state index is 5.46. The third kappa shape index (κ3) is 3.95. The minimum Gasteiger partial charge on any atom is -0.383 e. The summed E-state index contributed by atoms with van der Waals surface area (Å²) in [6, 6.07) is 5.99. The van der Waals surface area contributed by atoms with Crippen LogP contribution in [0.2, 0.25) is 0 Å². The van der Waals surface area contributed by atoms with E-state index < -0.39 is 0 Å². The Morgan fingerprint density at radius 1 is 1.35 bits per heavy atom. The third-order valence-electron chi connectivity index (χ3n) is 4.46. The van der Waals surface area contributed by atoms with E-state index in [1.807, 2.05) is 25.2 Å². The fraction of sp³-hybridized carbons (Fsp3) is 0.588. The average molecular weight is 316 g/mol. The second-order valence-electron chi connectivity index (χ2n) is 6.17. The molecule has 0 N–H and O–H groups in total. The predicted octanol–water partition coefficient (Wildman–Crippen LogP) is 2.94. The number of aromatic nitrogens is 3. The standard InChI is InChI=1S/C17H24N4O2/c1-21(15(12-22-2)14-9-5-6-10-18-14)11-16-19-17(23-20-16)13-7-3-4-8-13/h5-6,9-10,13,15H,3-4,7-8,11-12H2,1-2H3/t15-/m1/s1. The number of nitrogens with zero attached hydrogens (tertiary/aromatic N) is 4. The van der Waals surface area contributed by atoms with E-state index in [2.05, 4.69) is 20.0 Å². The van der Waals surface area contributed by atoms with Gasteiger partial charge in [-0.3, -0.25) is 9.88 Å². The highest BCUT2D eigenvalue weighted by atomic mass is 16.5. The molecule has 0 bridgehead atoms. The Bertz CT molecular complexity index is 596. The van der Waals surface area contributed by atoms with Gasteiger partial charge in [-0.05, 0) is 32.0 Å². The van der Waals surface area contributed by atoms with E-state index in [1.165, 1.54) is 12.8 Å². The third-order valence-corrected chi connectivity index (χ3v) is 4.46. The largest absolute Gasteiger partial charge is 0.383 e. The van der Waals surface area contributed by atoms with Gasteiger partial charge in [-0.15, -0.1) is 0 Å². The van der Waals surface area contributed by atoms with E-state index in [1.54, 1.807) is 13.3 Å². The molecule has 23 heavy (non-hydrogen) atoms. The van der Waals surface area contributed by atoms with Crippen LogP contribution in [0, 0.1) is 0 Å². The fourth-order valence-corrected chi connectivity index (χ4v) is 3.17. The van der Waals surface area contributed by atoms with Crippen LogP contribution >= 0.6 is 0 Å². The SMILES string of the molecule is COC[C@H](c1ccccn1)N(C)Cc1noc(C2CCCC2)n1. The number of hydrogen-bond donors (Lipinski definition) is 0. The van der Waals surface area contributed by atoms with E-state index in [0.717, 1.165) is 30.3 Å². The van der Waals surface area contributed by atoms with Gasteiger partial charge < -0.3 is 9.26 Å². The van der Waals surface area contributed by atoms with Crippen molar-refractivity contribution in [3.63, 3.8) is 0 Å². The normalized spacial score (nSPS) is 17.0. The molecule has 1 atom stereocenters. The van der Waals surface area contributed by atoms with Crippen molar-refractivity contribution in [3.8, 4) is 0 Å². The Morgan fingerprint density at radius 3 is 2.87 bits per heavy atom. The zero-order valence-corrected chi connectivity index (χ0v) is 13.8. The molecule has 2 aromatic heterocycles. The van der Waals surface area contributed by atoms with Gasteiger partial charge in [0.15, 0.2) is 5.82 Å². The number of rotatable bonds is 7. The first-order chi connectivity index (χ1) is 11.3. The molecule has 2 aromatic rings. The molecule has 6 nitrogen and oxygen atoms in total. The van der Waals surface area contributed by atoms with Crippen LogP contribution in [0.4, 0.5) is 0 Å². The highest BCUT2D eigenvalue weighted by Gasteiger charge is 2.24. The zero-order valence-electron chi connectivity index (χ0n) is 13.8. The Kier molecular flexibility index (Phi) is 5.35. The maximum Gasteiger partial charge on any atom is 0.229 e. The molecule has 0 spiro atoms. The van der Waals surface area contributed by atoms with E-state index in [9.17, 15) is 0 Å². The van der Waals surface area contributed by atoms with Crippen LogP contribution in [0.1, 0.15) is 55.1 Å².